The van der Waals surface area contributed by atoms with Crippen LogP contribution in [0.15, 0.2) is 94.9 Å². The topological polar surface area (TPSA) is 61.2 Å². The van der Waals surface area contributed by atoms with Crippen LogP contribution >= 0.6 is 11.8 Å². The fraction of sp³-hybridized carbons (Fsp3) is 0.222. The van der Waals surface area contributed by atoms with Crippen LogP contribution in [0.5, 0.6) is 0 Å². The van der Waals surface area contributed by atoms with Crippen LogP contribution < -0.4 is 5.56 Å². The molecule has 5 rings (SSSR count). The molecule has 0 N–H and O–H groups in total. The first kappa shape index (κ1) is 21.6. The third-order valence-electron chi connectivity index (χ3n) is 5.86. The summed E-state index contributed by atoms with van der Waals surface area (Å²) in [6.45, 7) is 1.14. The summed E-state index contributed by atoms with van der Waals surface area (Å²) in [4.78, 5) is 31.9. The van der Waals surface area contributed by atoms with Gasteiger partial charge in [0, 0.05) is 12.2 Å². The van der Waals surface area contributed by atoms with Crippen molar-refractivity contribution < 1.29 is 9.53 Å². The first-order chi connectivity index (χ1) is 16.2. The van der Waals surface area contributed by atoms with Crippen LogP contribution in [0.1, 0.15) is 34.0 Å². The number of benzene rings is 3. The first-order valence-electron chi connectivity index (χ1n) is 11.1. The van der Waals surface area contributed by atoms with Crippen LogP contribution in [0.3, 0.4) is 0 Å². The van der Waals surface area contributed by atoms with Crippen LogP contribution in [-0.4, -0.2) is 28.0 Å². The minimum absolute atomic E-state index is 0.0159. The van der Waals surface area contributed by atoms with Crippen molar-refractivity contribution in [3.8, 4) is 0 Å². The van der Waals surface area contributed by atoms with Gasteiger partial charge in [-0.1, -0.05) is 84.6 Å². The van der Waals surface area contributed by atoms with E-state index in [1.54, 1.807) is 10.6 Å². The van der Waals surface area contributed by atoms with Gasteiger partial charge in [-0.05, 0) is 30.5 Å². The number of rotatable bonds is 7. The van der Waals surface area contributed by atoms with Gasteiger partial charge in [0.25, 0.3) is 5.56 Å². The maximum atomic E-state index is 13.6. The first-order valence-corrected chi connectivity index (χ1v) is 12.0. The van der Waals surface area contributed by atoms with Gasteiger partial charge in [-0.2, -0.15) is 0 Å². The van der Waals surface area contributed by atoms with E-state index in [1.807, 2.05) is 78.9 Å². The van der Waals surface area contributed by atoms with Crippen molar-refractivity contribution in [2.24, 2.45) is 0 Å². The molecule has 0 spiro atoms. The van der Waals surface area contributed by atoms with Gasteiger partial charge < -0.3 is 4.74 Å². The molecule has 0 bridgehead atoms. The van der Waals surface area contributed by atoms with Crippen LogP contribution in [0.25, 0.3) is 10.9 Å². The Kier molecular flexibility index (Phi) is 6.37. The van der Waals surface area contributed by atoms with Crippen LogP contribution in [0.2, 0.25) is 0 Å². The number of nitrogens with zero attached hydrogens (tertiary/aromatic N) is 2. The number of ether oxygens (including phenoxy) is 1. The van der Waals surface area contributed by atoms with Crippen molar-refractivity contribution in [2.45, 2.75) is 35.9 Å². The zero-order chi connectivity index (χ0) is 22.6. The summed E-state index contributed by atoms with van der Waals surface area (Å²) in [5, 5.41) is 0.579. The Morgan fingerprint density at radius 3 is 2.42 bits per heavy atom. The fourth-order valence-electron chi connectivity index (χ4n) is 4.15. The summed E-state index contributed by atoms with van der Waals surface area (Å²) in [5.41, 5.74) is 2.04. The molecule has 1 saturated heterocycles. The van der Waals surface area contributed by atoms with E-state index in [9.17, 15) is 9.59 Å². The predicted molar refractivity (Wildman–Crippen MR) is 131 cm³/mol. The monoisotopic (exact) mass is 456 g/mol. The highest BCUT2D eigenvalue weighted by atomic mass is 32.2. The molecule has 1 aliphatic rings. The summed E-state index contributed by atoms with van der Waals surface area (Å²) in [6.07, 6.45) is 1.88. The third kappa shape index (κ3) is 4.63. The molecule has 0 saturated carbocycles. The zero-order valence-corrected chi connectivity index (χ0v) is 18.9. The van der Waals surface area contributed by atoms with E-state index in [1.165, 1.54) is 11.8 Å². The maximum Gasteiger partial charge on any atom is 0.262 e. The quantitative estimate of drug-likeness (QED) is 0.215. The lowest BCUT2D eigenvalue weighted by atomic mass is 10.0. The number of ketones is 1. The number of carbonyl (C=O) groups excluding carboxylic acids is 1. The average Bonchev–Trinajstić information content (AvgIpc) is 3.39. The van der Waals surface area contributed by atoms with Crippen LogP contribution in [0, 0.1) is 0 Å². The number of Topliss-reactive ketones (excluding diaryl/α,β-unsaturated/α-hetero) is 1. The smallest absolute Gasteiger partial charge is 0.262 e. The Morgan fingerprint density at radius 2 is 1.70 bits per heavy atom. The molecule has 0 amide bonds. The highest BCUT2D eigenvalue weighted by molar-refractivity contribution is 8.00. The second-order valence-electron chi connectivity index (χ2n) is 8.10. The Bertz CT molecular complexity index is 1320. The maximum absolute atomic E-state index is 13.6. The van der Waals surface area contributed by atoms with Crippen molar-refractivity contribution in [1.82, 2.24) is 9.55 Å². The van der Waals surface area contributed by atoms with E-state index in [2.05, 4.69) is 0 Å². The predicted octanol–water partition coefficient (Wildman–Crippen LogP) is 5.29. The fourth-order valence-corrected chi connectivity index (χ4v) is 5.33. The number of hydrogen-bond donors (Lipinski definition) is 0. The molecule has 1 aromatic heterocycles. The van der Waals surface area contributed by atoms with E-state index >= 15 is 0 Å². The Labute approximate surface area is 196 Å². The van der Waals surface area contributed by atoms with E-state index < -0.39 is 5.25 Å². The second kappa shape index (κ2) is 9.73. The van der Waals surface area contributed by atoms with Crippen molar-refractivity contribution in [3.63, 3.8) is 0 Å². The zero-order valence-electron chi connectivity index (χ0n) is 18.1. The van der Waals surface area contributed by atoms with Crippen LogP contribution in [0.4, 0.5) is 0 Å². The van der Waals surface area contributed by atoms with E-state index in [-0.39, 0.29) is 17.4 Å². The van der Waals surface area contributed by atoms with Crippen molar-refractivity contribution in [2.75, 3.05) is 6.61 Å². The van der Waals surface area contributed by atoms with Gasteiger partial charge >= 0.3 is 0 Å². The van der Waals surface area contributed by atoms with Gasteiger partial charge in [0.15, 0.2) is 10.9 Å². The highest BCUT2D eigenvalue weighted by Crippen LogP contribution is 2.37. The minimum atomic E-state index is -0.530. The molecule has 33 heavy (non-hydrogen) atoms. The highest BCUT2D eigenvalue weighted by Gasteiger charge is 2.27. The summed E-state index contributed by atoms with van der Waals surface area (Å²) in [5.74, 6) is -0.0159. The van der Waals surface area contributed by atoms with Crippen LogP contribution in [-0.2, 0) is 11.3 Å². The van der Waals surface area contributed by atoms with Gasteiger partial charge in [0.2, 0.25) is 0 Å². The number of carbonyl (C=O) groups is 1. The molecule has 1 aliphatic heterocycles. The van der Waals surface area contributed by atoms with Gasteiger partial charge in [0.1, 0.15) is 5.25 Å². The number of fused-ring (bicyclic) bond motifs is 1. The Balaban J connectivity index is 1.61. The lowest BCUT2D eigenvalue weighted by Gasteiger charge is -2.20. The van der Waals surface area contributed by atoms with Crippen molar-refractivity contribution in [3.05, 3.63) is 106 Å². The molecule has 5 nitrogen and oxygen atoms in total. The lowest BCUT2D eigenvalue weighted by Crippen LogP contribution is -2.29. The summed E-state index contributed by atoms with van der Waals surface area (Å²) < 4.78 is 7.51. The minimum Gasteiger partial charge on any atom is -0.376 e. The molecular formula is C27H24N2O3S. The molecule has 3 aromatic carbocycles. The normalized spacial score (nSPS) is 16.7. The standard InChI is InChI=1S/C27H24N2O3S/c30-24(19-10-3-1-4-11-19)25(20-12-5-2-6-13-20)33-27-28-23-16-8-7-15-22(23)26(31)29(27)18-21-14-9-17-32-21/h1-8,10-13,15-16,21,25H,9,14,17-18H2/t21-,25-/m0/s1. The number of thioether (sulfide) groups is 1. The van der Waals surface area contributed by atoms with E-state index in [0.29, 0.717) is 34.8 Å². The average molecular weight is 457 g/mol. The Morgan fingerprint density at radius 1 is 1.00 bits per heavy atom. The number of para-hydroxylation sites is 1. The number of aromatic nitrogens is 2. The molecule has 4 aromatic rings. The molecule has 0 radical (unpaired) electrons. The SMILES string of the molecule is O=C(c1ccccc1)[C@@H](Sc1nc2ccccc2c(=O)n1C[C@@H]1CCCO1)c1ccccc1. The van der Waals surface area contributed by atoms with E-state index in [0.717, 1.165) is 18.4 Å². The molecule has 6 heteroatoms. The summed E-state index contributed by atoms with van der Waals surface area (Å²) in [7, 11) is 0. The molecule has 2 atom stereocenters. The summed E-state index contributed by atoms with van der Waals surface area (Å²) >= 11 is 1.33. The molecule has 1 fully saturated rings. The molecule has 0 unspecified atom stereocenters. The molecular weight excluding hydrogens is 432 g/mol. The Hall–Kier alpha value is -3.22. The van der Waals surface area contributed by atoms with Gasteiger partial charge in [0.05, 0.1) is 23.6 Å². The van der Waals surface area contributed by atoms with Gasteiger partial charge in [-0.25, -0.2) is 4.98 Å². The van der Waals surface area contributed by atoms with Gasteiger partial charge in [-0.3, -0.25) is 14.2 Å². The summed E-state index contributed by atoms with van der Waals surface area (Å²) in [6, 6.07) is 26.3. The van der Waals surface area contributed by atoms with Crippen molar-refractivity contribution in [1.29, 1.82) is 0 Å². The van der Waals surface area contributed by atoms with E-state index in [4.69, 9.17) is 9.72 Å². The lowest BCUT2D eigenvalue weighted by molar-refractivity contribution is 0.0937. The van der Waals surface area contributed by atoms with Crippen molar-refractivity contribution >= 4 is 28.4 Å². The number of hydrogen-bond acceptors (Lipinski definition) is 5. The van der Waals surface area contributed by atoms with Gasteiger partial charge in [-0.15, -0.1) is 0 Å². The third-order valence-corrected chi connectivity index (χ3v) is 7.10. The molecule has 0 aliphatic carbocycles. The second-order valence-corrected chi connectivity index (χ2v) is 9.17. The molecule has 166 valence electrons. The largest absolute Gasteiger partial charge is 0.376 e. The molecule has 2 heterocycles.